The second-order valence-corrected chi connectivity index (χ2v) is 15.1. The molecule has 0 aliphatic rings. The minimum atomic E-state index is -2.45. The van der Waals surface area contributed by atoms with E-state index in [4.69, 9.17) is 23.2 Å². The summed E-state index contributed by atoms with van der Waals surface area (Å²) >= 11 is 10.3. The number of hydrogen-bond donors (Lipinski definition) is 0. The van der Waals surface area contributed by atoms with Crippen LogP contribution in [0.25, 0.3) is 0 Å². The first-order valence-corrected chi connectivity index (χ1v) is 18.7. The van der Waals surface area contributed by atoms with Crippen molar-refractivity contribution in [1.82, 2.24) is 0 Å². The summed E-state index contributed by atoms with van der Waals surface area (Å²) in [5.41, 5.74) is 2.84. The molecule has 0 atom stereocenters. The van der Waals surface area contributed by atoms with Gasteiger partial charge < -0.3 is 0 Å². The summed E-state index contributed by atoms with van der Waals surface area (Å²) in [5.74, 6) is -5.64. The van der Waals surface area contributed by atoms with E-state index in [1.54, 1.807) is 48.5 Å². The Balaban J connectivity index is 1.43. The van der Waals surface area contributed by atoms with Crippen LogP contribution in [0, 0.1) is 37.1 Å². The Labute approximate surface area is 323 Å². The van der Waals surface area contributed by atoms with Crippen LogP contribution in [-0.2, 0) is 32.2 Å². The molecule has 6 aromatic rings. The van der Waals surface area contributed by atoms with Crippen molar-refractivity contribution >= 4 is 54.1 Å². The third-order valence-corrected chi connectivity index (χ3v) is 11.5. The third-order valence-electron chi connectivity index (χ3n) is 8.59. The molecule has 0 spiro atoms. The number of halogens is 6. The maximum absolute atomic E-state index is 16.7. The molecule has 0 aromatic heterocycles. The van der Waals surface area contributed by atoms with E-state index < -0.39 is 62.0 Å². The molecule has 0 radical (unpaired) electrons. The number of rotatable bonds is 10. The third kappa shape index (κ3) is 8.42. The molecule has 0 bridgehead atoms. The minimum absolute atomic E-state index is 0.0872. The van der Waals surface area contributed by atoms with Crippen LogP contribution in [0.2, 0.25) is 10.0 Å². The molecule has 0 saturated heterocycles. The number of benzene rings is 6. The van der Waals surface area contributed by atoms with E-state index in [-0.39, 0.29) is 45.6 Å². The molecule has 0 aliphatic carbocycles. The molecular formula is C42H30Cl2F4N2O2Ti. The average Bonchev–Trinajstić information content (AvgIpc) is 3.14. The van der Waals surface area contributed by atoms with Gasteiger partial charge in [-0.15, -0.1) is 0 Å². The molecule has 4 nitrogen and oxygen atoms in total. The zero-order valence-electron chi connectivity index (χ0n) is 28.4. The van der Waals surface area contributed by atoms with Gasteiger partial charge in [-0.05, 0) is 0 Å². The first-order chi connectivity index (χ1) is 25.4. The van der Waals surface area contributed by atoms with Gasteiger partial charge in [0.05, 0.1) is 0 Å². The first-order valence-electron chi connectivity index (χ1n) is 16.4. The molecule has 0 unspecified atom stereocenters. The van der Waals surface area contributed by atoms with Gasteiger partial charge in [-0.2, -0.15) is 0 Å². The quantitative estimate of drug-likeness (QED) is 0.103. The maximum atomic E-state index is 16.7. The van der Waals surface area contributed by atoms with Crippen molar-refractivity contribution in [3.63, 3.8) is 0 Å². The second kappa shape index (κ2) is 16.5. The number of hydrogen-bond acceptors (Lipinski definition) is 2. The number of aryl methyl sites for hydroxylation is 2. The standard InChI is InChI=1S/2C21H15ClF2NO.Ti/c2*1-14-6-8-15(9-7-14)13-25(20-11-10-16(23)12-19(20)24)21(26)17-4-2-3-5-18(17)22;/h2*2-11H,13H2,1H3;. The zero-order chi connectivity index (χ0) is 37.8. The van der Waals surface area contributed by atoms with E-state index >= 15 is 17.6 Å². The van der Waals surface area contributed by atoms with Crippen molar-refractivity contribution in [2.45, 2.75) is 26.9 Å². The van der Waals surface area contributed by atoms with Crippen molar-refractivity contribution in [1.29, 1.82) is 0 Å². The van der Waals surface area contributed by atoms with Gasteiger partial charge in [-0.1, -0.05) is 0 Å². The Bertz CT molecular complexity index is 2160. The molecule has 0 N–H and O–H groups in total. The van der Waals surface area contributed by atoms with E-state index in [0.29, 0.717) is 11.1 Å². The van der Waals surface area contributed by atoms with Crippen LogP contribution < -0.4 is 17.5 Å². The molecular weight excluding hydrogens is 759 g/mol. The fourth-order valence-electron chi connectivity index (χ4n) is 5.70. The summed E-state index contributed by atoms with van der Waals surface area (Å²) in [6.07, 6.45) is 0. The van der Waals surface area contributed by atoms with Crippen molar-refractivity contribution in [2.75, 3.05) is 9.80 Å². The van der Waals surface area contributed by atoms with Crippen molar-refractivity contribution in [3.8, 4) is 0 Å². The van der Waals surface area contributed by atoms with E-state index in [0.717, 1.165) is 45.2 Å². The monoisotopic (exact) mass is 788 g/mol. The molecule has 0 fully saturated rings. The predicted octanol–water partition coefficient (Wildman–Crippen LogP) is 9.89. The molecule has 6 aromatic carbocycles. The van der Waals surface area contributed by atoms with E-state index in [1.165, 1.54) is 24.3 Å². The van der Waals surface area contributed by atoms with Crippen LogP contribution in [0.1, 0.15) is 43.0 Å². The Morgan fingerprint density at radius 1 is 0.528 bits per heavy atom. The van der Waals surface area contributed by atoms with Crippen LogP contribution in [-0.4, -0.2) is 11.8 Å². The molecule has 266 valence electrons. The van der Waals surface area contributed by atoms with Crippen LogP contribution in [0.4, 0.5) is 28.9 Å². The van der Waals surface area contributed by atoms with E-state index in [1.807, 2.05) is 38.1 Å². The Morgan fingerprint density at radius 2 is 0.887 bits per heavy atom. The molecule has 0 aliphatic heterocycles. The van der Waals surface area contributed by atoms with Crippen molar-refractivity contribution < 1.29 is 46.3 Å². The molecule has 0 saturated carbocycles. The van der Waals surface area contributed by atoms with Gasteiger partial charge in [0, 0.05) is 0 Å². The van der Waals surface area contributed by atoms with Gasteiger partial charge in [0.25, 0.3) is 0 Å². The van der Waals surface area contributed by atoms with Crippen LogP contribution in [0.5, 0.6) is 0 Å². The summed E-state index contributed by atoms with van der Waals surface area (Å²) in [5, 5.41) is 0.259. The van der Waals surface area contributed by atoms with Gasteiger partial charge in [-0.25, -0.2) is 0 Å². The molecule has 0 heterocycles. The number of nitrogens with zero attached hydrogens (tertiary/aromatic N) is 2. The normalized spacial score (nSPS) is 10.9. The molecule has 6 rings (SSSR count). The predicted molar refractivity (Wildman–Crippen MR) is 198 cm³/mol. The molecule has 11 heteroatoms. The van der Waals surface area contributed by atoms with Gasteiger partial charge in [0.1, 0.15) is 0 Å². The van der Waals surface area contributed by atoms with Crippen LogP contribution in [0.15, 0.2) is 121 Å². The zero-order valence-corrected chi connectivity index (χ0v) is 31.5. The fraction of sp³-hybridized carbons (Fsp3) is 0.0952. The SMILES string of the molecule is Cc1ccc(CN(C(=O)c2ccccc2Cl)c2ccc(F)[c]([Ti][c]3c(F)ccc(N(Cc4ccc(C)cc4)C(=O)c4ccccc4Cl)c3F)c2F)cc1. The topological polar surface area (TPSA) is 40.6 Å². The second-order valence-electron chi connectivity index (χ2n) is 12.3. The van der Waals surface area contributed by atoms with Crippen LogP contribution >= 0.6 is 23.2 Å². The molecule has 53 heavy (non-hydrogen) atoms. The Morgan fingerprint density at radius 3 is 1.25 bits per heavy atom. The molecule has 2 amide bonds. The van der Waals surface area contributed by atoms with Gasteiger partial charge in [-0.3, -0.25) is 0 Å². The Kier molecular flexibility index (Phi) is 11.9. The number of anilines is 2. The van der Waals surface area contributed by atoms with Crippen LogP contribution in [0.3, 0.4) is 0 Å². The van der Waals surface area contributed by atoms with E-state index in [9.17, 15) is 9.59 Å². The van der Waals surface area contributed by atoms with Crippen molar-refractivity contribution in [3.05, 3.63) is 188 Å². The summed E-state index contributed by atoms with van der Waals surface area (Å²) in [4.78, 5) is 30.2. The summed E-state index contributed by atoms with van der Waals surface area (Å²) < 4.78 is 63.5. The Hall–Kier alpha value is -4.73. The fourth-order valence-corrected chi connectivity index (χ4v) is 7.90. The number of amides is 2. The first kappa shape index (κ1) is 38.0. The number of carbonyl (C=O) groups excluding carboxylic acids is 2. The summed E-state index contributed by atoms with van der Waals surface area (Å²) in [7, 11) is 0. The summed E-state index contributed by atoms with van der Waals surface area (Å²) in [6.45, 7) is 3.58. The van der Waals surface area contributed by atoms with Crippen molar-refractivity contribution in [2.24, 2.45) is 0 Å². The average molecular weight is 789 g/mol. The van der Waals surface area contributed by atoms with Gasteiger partial charge in [0.2, 0.25) is 0 Å². The summed E-state index contributed by atoms with van der Waals surface area (Å²) in [6, 6.07) is 31.2. The number of carbonyl (C=O) groups is 2. The van der Waals surface area contributed by atoms with Gasteiger partial charge >= 0.3 is 325 Å². The van der Waals surface area contributed by atoms with E-state index in [2.05, 4.69) is 0 Å². The van der Waals surface area contributed by atoms with Gasteiger partial charge in [0.15, 0.2) is 0 Å².